The molecule has 1 saturated carbocycles. The molecule has 0 bridgehead atoms. The topological polar surface area (TPSA) is 37.3 Å². The van der Waals surface area contributed by atoms with Gasteiger partial charge in [-0.15, -0.1) is 0 Å². The number of aryl methyl sites for hydroxylation is 1. The van der Waals surface area contributed by atoms with Crippen molar-refractivity contribution in [2.24, 2.45) is 0 Å². The molecule has 2 aliphatic carbocycles. The smallest absolute Gasteiger partial charge is 0.314 e. The maximum Gasteiger partial charge on any atom is 0.314 e. The summed E-state index contributed by atoms with van der Waals surface area (Å²) < 4.78 is 0. The van der Waals surface area contributed by atoms with Gasteiger partial charge in [0.1, 0.15) is 0 Å². The van der Waals surface area contributed by atoms with E-state index in [-0.39, 0.29) is 0 Å². The van der Waals surface area contributed by atoms with Crippen LogP contribution >= 0.6 is 11.6 Å². The Hall–Kier alpha value is -1.02. The zero-order valence-corrected chi connectivity index (χ0v) is 11.1. The third kappa shape index (κ3) is 1.66. The SMILES string of the molecule is O=C(O)C1(c2cc(Cl)cc3c2CCC3)CCCC1. The van der Waals surface area contributed by atoms with Crippen LogP contribution in [0.2, 0.25) is 5.02 Å². The highest BCUT2D eigenvalue weighted by Crippen LogP contribution is 2.45. The Morgan fingerprint density at radius 3 is 2.56 bits per heavy atom. The summed E-state index contributed by atoms with van der Waals surface area (Å²) in [7, 11) is 0. The molecule has 1 aromatic rings. The van der Waals surface area contributed by atoms with Crippen LogP contribution in [0.5, 0.6) is 0 Å². The highest BCUT2D eigenvalue weighted by atomic mass is 35.5. The van der Waals surface area contributed by atoms with Crippen LogP contribution in [0.3, 0.4) is 0 Å². The third-order valence-corrected chi connectivity index (χ3v) is 4.78. The first-order chi connectivity index (χ1) is 8.63. The largest absolute Gasteiger partial charge is 0.481 e. The molecule has 3 rings (SSSR count). The Morgan fingerprint density at radius 1 is 1.17 bits per heavy atom. The Morgan fingerprint density at radius 2 is 1.89 bits per heavy atom. The minimum Gasteiger partial charge on any atom is -0.481 e. The highest BCUT2D eigenvalue weighted by Gasteiger charge is 2.45. The van der Waals surface area contributed by atoms with Crippen molar-refractivity contribution in [1.82, 2.24) is 0 Å². The van der Waals surface area contributed by atoms with E-state index in [0.717, 1.165) is 50.5 Å². The number of hydrogen-bond donors (Lipinski definition) is 1. The van der Waals surface area contributed by atoms with Crippen LogP contribution in [0.15, 0.2) is 12.1 Å². The molecule has 0 spiro atoms. The zero-order chi connectivity index (χ0) is 12.8. The molecule has 0 unspecified atom stereocenters. The summed E-state index contributed by atoms with van der Waals surface area (Å²) >= 11 is 6.18. The lowest BCUT2D eigenvalue weighted by atomic mass is 9.76. The fourth-order valence-electron chi connectivity index (χ4n) is 3.67. The van der Waals surface area contributed by atoms with E-state index in [4.69, 9.17) is 11.6 Å². The number of carboxylic acid groups (broad SMARTS) is 1. The molecule has 3 heteroatoms. The van der Waals surface area contributed by atoms with Gasteiger partial charge in [-0.3, -0.25) is 4.79 Å². The van der Waals surface area contributed by atoms with Crippen LogP contribution < -0.4 is 0 Å². The van der Waals surface area contributed by atoms with Gasteiger partial charge in [-0.05, 0) is 60.9 Å². The number of benzene rings is 1. The maximum absolute atomic E-state index is 11.8. The minimum absolute atomic E-state index is 0.667. The second-order valence-corrected chi connectivity index (χ2v) is 5.98. The molecule has 0 atom stereocenters. The number of carboxylic acids is 1. The molecule has 96 valence electrons. The van der Waals surface area contributed by atoms with E-state index >= 15 is 0 Å². The number of carbonyl (C=O) groups is 1. The van der Waals surface area contributed by atoms with Crippen molar-refractivity contribution >= 4 is 17.6 Å². The molecule has 1 fully saturated rings. The van der Waals surface area contributed by atoms with Gasteiger partial charge in [0.25, 0.3) is 0 Å². The Labute approximate surface area is 112 Å². The second kappa shape index (κ2) is 4.27. The molecular weight excluding hydrogens is 248 g/mol. The molecule has 0 radical (unpaired) electrons. The summed E-state index contributed by atoms with van der Waals surface area (Å²) in [5, 5.41) is 10.4. The molecule has 18 heavy (non-hydrogen) atoms. The normalized spacial score (nSPS) is 20.9. The number of hydrogen-bond acceptors (Lipinski definition) is 1. The van der Waals surface area contributed by atoms with Crippen molar-refractivity contribution < 1.29 is 9.90 Å². The summed E-state index contributed by atoms with van der Waals surface area (Å²) in [6.07, 6.45) is 6.71. The maximum atomic E-state index is 11.8. The number of aliphatic carboxylic acids is 1. The van der Waals surface area contributed by atoms with Gasteiger partial charge in [-0.25, -0.2) is 0 Å². The first-order valence-corrected chi connectivity index (χ1v) is 7.06. The number of fused-ring (bicyclic) bond motifs is 1. The molecule has 0 aromatic heterocycles. The van der Waals surface area contributed by atoms with Gasteiger partial charge in [-0.2, -0.15) is 0 Å². The van der Waals surface area contributed by atoms with Crippen molar-refractivity contribution in [3.63, 3.8) is 0 Å². The van der Waals surface area contributed by atoms with Gasteiger partial charge in [0.2, 0.25) is 0 Å². The van der Waals surface area contributed by atoms with Gasteiger partial charge < -0.3 is 5.11 Å². The lowest BCUT2D eigenvalue weighted by Gasteiger charge is -2.27. The van der Waals surface area contributed by atoms with Gasteiger partial charge in [-0.1, -0.05) is 24.4 Å². The molecule has 2 aliphatic rings. The summed E-state index contributed by atoms with van der Waals surface area (Å²) in [6.45, 7) is 0. The minimum atomic E-state index is -0.670. The molecule has 1 N–H and O–H groups in total. The summed E-state index contributed by atoms with van der Waals surface area (Å²) in [4.78, 5) is 11.8. The summed E-state index contributed by atoms with van der Waals surface area (Å²) in [5.41, 5.74) is 2.88. The first-order valence-electron chi connectivity index (χ1n) is 6.69. The van der Waals surface area contributed by atoms with Crippen molar-refractivity contribution in [3.8, 4) is 0 Å². The summed E-state index contributed by atoms with van der Waals surface area (Å²) in [6, 6.07) is 3.92. The van der Waals surface area contributed by atoms with E-state index in [0.29, 0.717) is 5.02 Å². The van der Waals surface area contributed by atoms with Crippen LogP contribution in [0.25, 0.3) is 0 Å². The van der Waals surface area contributed by atoms with E-state index in [2.05, 4.69) is 0 Å². The van der Waals surface area contributed by atoms with E-state index in [9.17, 15) is 9.90 Å². The van der Waals surface area contributed by atoms with Crippen molar-refractivity contribution in [3.05, 3.63) is 33.8 Å². The predicted octanol–water partition coefficient (Wildman–Crippen LogP) is 3.73. The Bertz CT molecular complexity index is 501. The standard InChI is InChI=1S/C15H17ClO2/c16-11-8-10-4-3-5-12(10)13(9-11)15(14(17)18)6-1-2-7-15/h8-9H,1-7H2,(H,17,18). The lowest BCUT2D eigenvalue weighted by molar-refractivity contribution is -0.143. The fraction of sp³-hybridized carbons (Fsp3) is 0.533. The lowest BCUT2D eigenvalue weighted by Crippen LogP contribution is -2.33. The Kier molecular flexibility index (Phi) is 2.86. The van der Waals surface area contributed by atoms with E-state index in [1.165, 1.54) is 11.1 Å². The van der Waals surface area contributed by atoms with Gasteiger partial charge in [0.15, 0.2) is 0 Å². The zero-order valence-electron chi connectivity index (χ0n) is 10.3. The molecule has 2 nitrogen and oxygen atoms in total. The molecule has 0 amide bonds. The van der Waals surface area contributed by atoms with E-state index in [1.54, 1.807) is 0 Å². The van der Waals surface area contributed by atoms with Crippen LogP contribution in [-0.2, 0) is 23.1 Å². The molecule has 0 aliphatic heterocycles. The van der Waals surface area contributed by atoms with Crippen LogP contribution in [0, 0.1) is 0 Å². The fourth-order valence-corrected chi connectivity index (χ4v) is 3.91. The second-order valence-electron chi connectivity index (χ2n) is 5.54. The van der Waals surface area contributed by atoms with Crippen LogP contribution in [0.1, 0.15) is 48.8 Å². The average molecular weight is 265 g/mol. The Balaban J connectivity index is 2.19. The quantitative estimate of drug-likeness (QED) is 0.884. The average Bonchev–Trinajstić information content (AvgIpc) is 2.96. The van der Waals surface area contributed by atoms with E-state index < -0.39 is 11.4 Å². The molecule has 1 aromatic carbocycles. The van der Waals surface area contributed by atoms with Crippen molar-refractivity contribution in [2.75, 3.05) is 0 Å². The monoisotopic (exact) mass is 264 g/mol. The molecular formula is C15H17ClO2. The number of halogens is 1. The predicted molar refractivity (Wildman–Crippen MR) is 71.3 cm³/mol. The molecule has 0 saturated heterocycles. The summed E-state index contributed by atoms with van der Waals surface area (Å²) in [5.74, 6) is -0.670. The molecule has 0 heterocycles. The third-order valence-electron chi connectivity index (χ3n) is 4.56. The van der Waals surface area contributed by atoms with Crippen molar-refractivity contribution in [1.29, 1.82) is 0 Å². The number of rotatable bonds is 2. The van der Waals surface area contributed by atoms with Crippen LogP contribution in [0.4, 0.5) is 0 Å². The van der Waals surface area contributed by atoms with E-state index in [1.807, 2.05) is 12.1 Å². The van der Waals surface area contributed by atoms with Gasteiger partial charge in [0, 0.05) is 5.02 Å². The van der Waals surface area contributed by atoms with Gasteiger partial charge in [0.05, 0.1) is 5.41 Å². The first kappa shape index (κ1) is 12.0. The van der Waals surface area contributed by atoms with Gasteiger partial charge >= 0.3 is 5.97 Å². The van der Waals surface area contributed by atoms with Crippen molar-refractivity contribution in [2.45, 2.75) is 50.4 Å². The van der Waals surface area contributed by atoms with Crippen LogP contribution in [-0.4, -0.2) is 11.1 Å². The highest BCUT2D eigenvalue weighted by molar-refractivity contribution is 6.30.